The van der Waals surface area contributed by atoms with Crippen molar-refractivity contribution in [2.75, 3.05) is 17.7 Å². The van der Waals surface area contributed by atoms with Crippen molar-refractivity contribution in [3.8, 4) is 5.75 Å². The predicted octanol–water partition coefficient (Wildman–Crippen LogP) is 2.97. The van der Waals surface area contributed by atoms with Crippen molar-refractivity contribution in [1.82, 2.24) is 5.43 Å². The van der Waals surface area contributed by atoms with E-state index in [0.29, 0.717) is 5.11 Å². The number of rotatable bonds is 5. The van der Waals surface area contributed by atoms with Crippen LogP contribution in [0.3, 0.4) is 0 Å². The molecule has 0 aliphatic carbocycles. The lowest BCUT2D eigenvalue weighted by Crippen LogP contribution is -2.23. The second-order valence-electron chi connectivity index (χ2n) is 4.86. The van der Waals surface area contributed by atoms with E-state index in [4.69, 9.17) is 17.0 Å². The fourth-order valence-electron chi connectivity index (χ4n) is 1.85. The van der Waals surface area contributed by atoms with E-state index in [0.717, 1.165) is 22.7 Å². The third-order valence-corrected chi connectivity index (χ3v) is 3.15. The van der Waals surface area contributed by atoms with Crippen LogP contribution in [-0.2, 0) is 4.79 Å². The van der Waals surface area contributed by atoms with Crippen LogP contribution in [-0.4, -0.2) is 24.3 Å². The molecule has 0 fully saturated rings. The molecule has 0 saturated carbocycles. The number of carbonyl (C=O) groups excluding carboxylic acids is 1. The highest BCUT2D eigenvalue weighted by molar-refractivity contribution is 7.80. The maximum atomic E-state index is 11.0. The number of carbonyl (C=O) groups is 1. The van der Waals surface area contributed by atoms with E-state index in [2.05, 4.69) is 21.2 Å². The first kappa shape index (κ1) is 17.4. The molecule has 0 unspecified atom stereocenters. The molecule has 1 amide bonds. The van der Waals surface area contributed by atoms with Crippen LogP contribution >= 0.6 is 12.2 Å². The van der Waals surface area contributed by atoms with Crippen molar-refractivity contribution in [3.63, 3.8) is 0 Å². The maximum Gasteiger partial charge on any atom is 0.221 e. The molecule has 0 radical (unpaired) electrons. The number of amides is 1. The maximum absolute atomic E-state index is 11.0. The van der Waals surface area contributed by atoms with Crippen LogP contribution in [0.4, 0.5) is 11.4 Å². The van der Waals surface area contributed by atoms with Gasteiger partial charge in [0.1, 0.15) is 5.75 Å². The van der Waals surface area contributed by atoms with Crippen molar-refractivity contribution in [1.29, 1.82) is 0 Å². The third-order valence-electron chi connectivity index (χ3n) is 2.96. The number of hydrazone groups is 1. The topological polar surface area (TPSA) is 74.8 Å². The van der Waals surface area contributed by atoms with Gasteiger partial charge in [0.2, 0.25) is 5.91 Å². The van der Waals surface area contributed by atoms with Crippen molar-refractivity contribution >= 4 is 40.8 Å². The van der Waals surface area contributed by atoms with Crippen molar-refractivity contribution in [2.24, 2.45) is 5.10 Å². The average molecular weight is 342 g/mol. The second kappa shape index (κ2) is 8.64. The smallest absolute Gasteiger partial charge is 0.221 e. The number of anilines is 2. The van der Waals surface area contributed by atoms with Gasteiger partial charge in [-0.25, -0.2) is 0 Å². The van der Waals surface area contributed by atoms with Gasteiger partial charge in [0.05, 0.1) is 13.3 Å². The van der Waals surface area contributed by atoms with Crippen LogP contribution in [0.5, 0.6) is 5.75 Å². The summed E-state index contributed by atoms with van der Waals surface area (Å²) in [4.78, 5) is 11.0. The zero-order chi connectivity index (χ0) is 17.4. The van der Waals surface area contributed by atoms with Crippen molar-refractivity contribution in [2.45, 2.75) is 6.92 Å². The van der Waals surface area contributed by atoms with Gasteiger partial charge in [-0.15, -0.1) is 0 Å². The number of hydrogen-bond donors (Lipinski definition) is 3. The van der Waals surface area contributed by atoms with Crippen LogP contribution in [0.25, 0.3) is 0 Å². The van der Waals surface area contributed by atoms with Gasteiger partial charge in [-0.1, -0.05) is 12.1 Å². The van der Waals surface area contributed by atoms with E-state index in [1.807, 2.05) is 36.4 Å². The molecule has 0 aromatic heterocycles. The number of hydrogen-bond acceptors (Lipinski definition) is 4. The average Bonchev–Trinajstić information content (AvgIpc) is 2.57. The van der Waals surface area contributed by atoms with E-state index >= 15 is 0 Å². The molecule has 124 valence electrons. The molecule has 6 nitrogen and oxygen atoms in total. The molecular formula is C17H18N4O2S. The molecule has 3 N–H and O–H groups in total. The highest BCUT2D eigenvalue weighted by Gasteiger charge is 1.97. The molecular weight excluding hydrogens is 324 g/mol. The molecule has 2 aromatic rings. The minimum Gasteiger partial charge on any atom is -0.497 e. The zero-order valence-corrected chi connectivity index (χ0v) is 14.2. The Bertz CT molecular complexity index is 727. The summed E-state index contributed by atoms with van der Waals surface area (Å²) in [6.07, 6.45) is 1.64. The van der Waals surface area contributed by atoms with Gasteiger partial charge in [0, 0.05) is 18.3 Å². The van der Waals surface area contributed by atoms with Crippen molar-refractivity contribution in [3.05, 3.63) is 54.1 Å². The first-order valence-electron chi connectivity index (χ1n) is 7.18. The molecule has 0 bridgehead atoms. The first-order chi connectivity index (χ1) is 11.6. The van der Waals surface area contributed by atoms with Crippen LogP contribution in [0.2, 0.25) is 0 Å². The van der Waals surface area contributed by atoms with Crippen LogP contribution in [0, 0.1) is 0 Å². The van der Waals surface area contributed by atoms with Crippen molar-refractivity contribution < 1.29 is 9.53 Å². The molecule has 0 aliphatic heterocycles. The summed E-state index contributed by atoms with van der Waals surface area (Å²) < 4.78 is 5.09. The number of ether oxygens (including phenoxy) is 1. The van der Waals surface area contributed by atoms with E-state index in [-0.39, 0.29) is 5.91 Å². The number of nitrogens with zero attached hydrogens (tertiary/aromatic N) is 1. The Morgan fingerprint density at radius 3 is 2.21 bits per heavy atom. The lowest BCUT2D eigenvalue weighted by Gasteiger charge is -2.07. The molecule has 24 heavy (non-hydrogen) atoms. The van der Waals surface area contributed by atoms with E-state index in [1.54, 1.807) is 25.5 Å². The van der Waals surface area contributed by atoms with Crippen LogP contribution < -0.4 is 20.8 Å². The Morgan fingerprint density at radius 1 is 1.04 bits per heavy atom. The number of nitrogens with one attached hydrogen (secondary N) is 3. The minimum atomic E-state index is -0.104. The lowest BCUT2D eigenvalue weighted by molar-refractivity contribution is -0.114. The molecule has 0 spiro atoms. The quantitative estimate of drug-likeness (QED) is 0.442. The molecule has 2 rings (SSSR count). The summed E-state index contributed by atoms with van der Waals surface area (Å²) in [6.45, 7) is 1.47. The van der Waals surface area contributed by atoms with E-state index in [1.165, 1.54) is 6.92 Å². The summed E-state index contributed by atoms with van der Waals surface area (Å²) in [6, 6.07) is 14.7. The monoisotopic (exact) mass is 342 g/mol. The predicted molar refractivity (Wildman–Crippen MR) is 101 cm³/mol. The number of benzene rings is 2. The number of thiocarbonyl (C=S) groups is 1. The van der Waals surface area contributed by atoms with Gasteiger partial charge in [-0.2, -0.15) is 5.10 Å². The van der Waals surface area contributed by atoms with Gasteiger partial charge in [0.15, 0.2) is 5.11 Å². The Balaban J connectivity index is 1.83. The van der Waals surface area contributed by atoms with Gasteiger partial charge in [0.25, 0.3) is 0 Å². The molecule has 0 heterocycles. The highest BCUT2D eigenvalue weighted by Crippen LogP contribution is 2.14. The summed E-state index contributed by atoms with van der Waals surface area (Å²) in [5.74, 6) is 0.674. The van der Waals surface area contributed by atoms with Crippen LogP contribution in [0.15, 0.2) is 53.6 Å². The number of methoxy groups -OCH3 is 1. The standard InChI is InChI=1S/C17H18N4O2S/c1-12(22)19-14-5-3-13(4-6-14)11-18-21-17(24)20-15-7-9-16(23-2)10-8-15/h3-11H,1-2H3,(H,19,22)(H2,20,21,24)/b18-11-. The van der Waals surface area contributed by atoms with E-state index < -0.39 is 0 Å². The Labute approximate surface area is 145 Å². The summed E-state index contributed by atoms with van der Waals surface area (Å²) >= 11 is 5.17. The van der Waals surface area contributed by atoms with Gasteiger partial charge in [-0.3, -0.25) is 10.2 Å². The Kier molecular flexibility index (Phi) is 6.27. The minimum absolute atomic E-state index is 0.104. The first-order valence-corrected chi connectivity index (χ1v) is 7.59. The van der Waals surface area contributed by atoms with Gasteiger partial charge in [-0.05, 0) is 54.2 Å². The molecule has 0 aliphatic rings. The second-order valence-corrected chi connectivity index (χ2v) is 5.26. The fourth-order valence-corrected chi connectivity index (χ4v) is 2.03. The molecule has 0 saturated heterocycles. The fraction of sp³-hybridized carbons (Fsp3) is 0.118. The molecule has 0 atom stereocenters. The highest BCUT2D eigenvalue weighted by atomic mass is 32.1. The van der Waals surface area contributed by atoms with E-state index in [9.17, 15) is 4.79 Å². The summed E-state index contributed by atoms with van der Waals surface area (Å²) in [5, 5.41) is 10.2. The van der Waals surface area contributed by atoms with Gasteiger partial charge >= 0.3 is 0 Å². The third kappa shape index (κ3) is 5.69. The summed E-state index contributed by atoms with van der Waals surface area (Å²) in [5.41, 5.74) is 5.20. The molecule has 7 heteroatoms. The Morgan fingerprint density at radius 2 is 1.62 bits per heavy atom. The zero-order valence-electron chi connectivity index (χ0n) is 13.4. The normalized spacial score (nSPS) is 10.2. The largest absolute Gasteiger partial charge is 0.497 e. The molecule has 2 aromatic carbocycles. The van der Waals surface area contributed by atoms with Gasteiger partial charge < -0.3 is 15.4 Å². The Hall–Kier alpha value is -2.93. The lowest BCUT2D eigenvalue weighted by atomic mass is 10.2. The SMILES string of the molecule is COc1ccc(NC(=S)N/N=C\c2ccc(NC(C)=O)cc2)cc1. The van der Waals surface area contributed by atoms with Crippen LogP contribution in [0.1, 0.15) is 12.5 Å². The summed E-state index contributed by atoms with van der Waals surface area (Å²) in [7, 11) is 1.62.